The van der Waals surface area contributed by atoms with Gasteiger partial charge in [0.15, 0.2) is 0 Å². The summed E-state index contributed by atoms with van der Waals surface area (Å²) in [6, 6.07) is 6.50. The Bertz CT molecular complexity index is 1190. The van der Waals surface area contributed by atoms with Gasteiger partial charge in [0.1, 0.15) is 6.04 Å². The monoisotopic (exact) mass is 675 g/mol. The molecule has 8 nitrogen and oxygen atoms in total. The van der Waals surface area contributed by atoms with Crippen molar-refractivity contribution in [2.24, 2.45) is 17.8 Å². The van der Waals surface area contributed by atoms with E-state index >= 15 is 0 Å². The highest BCUT2D eigenvalue weighted by molar-refractivity contribution is 9.09. The largest absolute Gasteiger partial charge is 0.465 e. The number of aliphatic hydroxyl groups is 1. The van der Waals surface area contributed by atoms with Gasteiger partial charge in [0.05, 0.1) is 35.8 Å². The smallest absolute Gasteiger partial charge is 0.310 e. The quantitative estimate of drug-likeness (QED) is 0.121. The predicted molar refractivity (Wildman–Crippen MR) is 178 cm³/mol. The second-order valence-electron chi connectivity index (χ2n) is 12.0. The third kappa shape index (κ3) is 6.16. The summed E-state index contributed by atoms with van der Waals surface area (Å²) in [5.74, 6) is -2.08. The molecule has 0 aliphatic carbocycles. The third-order valence-corrected chi connectivity index (χ3v) is 12.2. The molecule has 3 aliphatic rings. The van der Waals surface area contributed by atoms with E-state index < -0.39 is 34.6 Å². The van der Waals surface area contributed by atoms with Gasteiger partial charge in [0.25, 0.3) is 5.91 Å². The molecule has 3 aliphatic heterocycles. The van der Waals surface area contributed by atoms with Crippen molar-refractivity contribution in [1.29, 1.82) is 0 Å². The number of thioether (sulfide) groups is 1. The standard InChI is InChI=1S/C33H46BrN3O5S/c1-7-11-17-42-32(41)26-27-30(39)37(24(20-38)18-21(5)6)29(33(27)19-25(34)28(26)43-33)31(40)36(16-8-2)23-14-12-22(13-15-23)35(9-3)10-4/h7-8,12-15,21,24-29,38H,1-2,9-11,16-20H2,3-6H3/t24-,25?,26+,27+,28+,29?,33?/m1/s1. The van der Waals surface area contributed by atoms with Crippen molar-refractivity contribution in [3.63, 3.8) is 0 Å². The van der Waals surface area contributed by atoms with Gasteiger partial charge in [0, 0.05) is 41.1 Å². The first-order valence-corrected chi connectivity index (χ1v) is 17.2. The summed E-state index contributed by atoms with van der Waals surface area (Å²) in [5.41, 5.74) is 1.78. The minimum atomic E-state index is -0.857. The Morgan fingerprint density at radius 1 is 1.19 bits per heavy atom. The molecule has 3 heterocycles. The second-order valence-corrected chi connectivity index (χ2v) is 14.8. The topological polar surface area (TPSA) is 90.4 Å². The van der Waals surface area contributed by atoms with Crippen LogP contribution >= 0.6 is 27.7 Å². The van der Waals surface area contributed by atoms with Crippen LogP contribution in [0.3, 0.4) is 0 Å². The van der Waals surface area contributed by atoms with E-state index in [4.69, 9.17) is 4.74 Å². The van der Waals surface area contributed by atoms with Crippen molar-refractivity contribution in [2.75, 3.05) is 42.6 Å². The fraction of sp³-hybridized carbons (Fsp3) is 0.606. The lowest BCUT2D eigenvalue weighted by atomic mass is 9.71. The van der Waals surface area contributed by atoms with Gasteiger partial charge in [-0.25, -0.2) is 0 Å². The van der Waals surface area contributed by atoms with Crippen LogP contribution in [0.25, 0.3) is 0 Å². The van der Waals surface area contributed by atoms with Crippen LogP contribution in [0, 0.1) is 17.8 Å². The number of esters is 1. The number of hydrogen-bond acceptors (Lipinski definition) is 7. The zero-order valence-electron chi connectivity index (χ0n) is 25.8. The van der Waals surface area contributed by atoms with Crippen LogP contribution in [0.1, 0.15) is 47.0 Å². The zero-order chi connectivity index (χ0) is 31.5. The van der Waals surface area contributed by atoms with E-state index in [9.17, 15) is 19.5 Å². The van der Waals surface area contributed by atoms with Crippen LogP contribution in [-0.4, -0.2) is 87.5 Å². The Kier molecular flexibility index (Phi) is 11.1. The van der Waals surface area contributed by atoms with Gasteiger partial charge in [-0.3, -0.25) is 14.4 Å². The minimum Gasteiger partial charge on any atom is -0.465 e. The van der Waals surface area contributed by atoms with Crippen molar-refractivity contribution in [3.8, 4) is 0 Å². The Morgan fingerprint density at radius 3 is 2.40 bits per heavy atom. The molecule has 3 fully saturated rings. The van der Waals surface area contributed by atoms with E-state index in [1.807, 2.05) is 38.1 Å². The summed E-state index contributed by atoms with van der Waals surface area (Å²) in [6.45, 7) is 17.8. The van der Waals surface area contributed by atoms with Crippen molar-refractivity contribution in [3.05, 3.63) is 49.6 Å². The van der Waals surface area contributed by atoms with Crippen LogP contribution in [0.5, 0.6) is 0 Å². The van der Waals surface area contributed by atoms with Crippen LogP contribution in [0.2, 0.25) is 0 Å². The van der Waals surface area contributed by atoms with Gasteiger partial charge < -0.3 is 24.5 Å². The molecule has 0 saturated carbocycles. The summed E-state index contributed by atoms with van der Waals surface area (Å²) in [5, 5.41) is 10.4. The van der Waals surface area contributed by atoms with Crippen molar-refractivity contribution in [1.82, 2.24) is 4.90 Å². The van der Waals surface area contributed by atoms with E-state index in [2.05, 4.69) is 47.8 Å². The molecular weight excluding hydrogens is 630 g/mol. The van der Waals surface area contributed by atoms with Gasteiger partial charge in [-0.15, -0.1) is 24.9 Å². The van der Waals surface area contributed by atoms with Gasteiger partial charge in [-0.2, -0.15) is 0 Å². The number of ether oxygens (including phenoxy) is 1. The Labute approximate surface area is 269 Å². The molecule has 10 heteroatoms. The summed E-state index contributed by atoms with van der Waals surface area (Å²) in [6.07, 6.45) is 5.00. The first-order valence-electron chi connectivity index (χ1n) is 15.4. The second kappa shape index (κ2) is 14.2. The number of benzene rings is 1. The lowest BCUT2D eigenvalue weighted by Crippen LogP contribution is -2.58. The summed E-state index contributed by atoms with van der Waals surface area (Å²) in [7, 11) is 0. The number of likely N-dealkylation sites (tertiary alicyclic amines) is 1. The molecule has 3 saturated heterocycles. The van der Waals surface area contributed by atoms with E-state index in [0.717, 1.165) is 18.8 Å². The SMILES string of the molecule is C=CCCOC(=O)[C@H]1[C@H]2C(=O)N([C@@H](CO)CC(C)C)C(C(=O)N(CC=C)c3ccc(N(CC)CC)cc3)C23CC(Br)[C@@H]1S3. The summed E-state index contributed by atoms with van der Waals surface area (Å²) >= 11 is 5.38. The first-order chi connectivity index (χ1) is 20.6. The van der Waals surface area contributed by atoms with E-state index in [0.29, 0.717) is 24.9 Å². The lowest BCUT2D eigenvalue weighted by Gasteiger charge is -2.40. The Hall–Kier alpha value is -2.30. The Morgan fingerprint density at radius 2 is 1.84 bits per heavy atom. The maximum atomic E-state index is 14.9. The highest BCUT2D eigenvalue weighted by Gasteiger charge is 2.76. The Balaban J connectivity index is 1.79. The number of carbonyl (C=O) groups excluding carboxylic acids is 3. The molecule has 2 amide bonds. The number of fused-ring (bicyclic) bond motifs is 1. The molecule has 4 rings (SSSR count). The van der Waals surface area contributed by atoms with E-state index in [1.165, 1.54) is 0 Å². The summed E-state index contributed by atoms with van der Waals surface area (Å²) < 4.78 is 4.80. The molecule has 43 heavy (non-hydrogen) atoms. The summed E-state index contributed by atoms with van der Waals surface area (Å²) in [4.78, 5) is 48.4. The normalized spacial score (nSPS) is 28.1. The number of carbonyl (C=O) groups is 3. The molecule has 2 bridgehead atoms. The van der Waals surface area contributed by atoms with Crippen LogP contribution in [0.15, 0.2) is 49.6 Å². The maximum Gasteiger partial charge on any atom is 0.310 e. The molecule has 3 unspecified atom stereocenters. The van der Waals surface area contributed by atoms with Gasteiger partial charge in [-0.05, 0) is 63.3 Å². The molecule has 7 atom stereocenters. The van der Waals surface area contributed by atoms with Crippen LogP contribution < -0.4 is 9.80 Å². The van der Waals surface area contributed by atoms with Crippen molar-refractivity contribution >= 4 is 56.9 Å². The molecule has 1 spiro atoms. The third-order valence-electron chi connectivity index (χ3n) is 9.01. The molecule has 1 aromatic rings. The number of halogens is 1. The molecule has 0 aromatic heterocycles. The minimum absolute atomic E-state index is 0.0624. The van der Waals surface area contributed by atoms with Gasteiger partial charge >= 0.3 is 5.97 Å². The fourth-order valence-electron chi connectivity index (χ4n) is 7.20. The number of nitrogens with zero attached hydrogens (tertiary/aromatic N) is 3. The first kappa shape index (κ1) is 33.6. The molecule has 0 radical (unpaired) electrons. The van der Waals surface area contributed by atoms with Crippen LogP contribution in [0.4, 0.5) is 11.4 Å². The van der Waals surface area contributed by atoms with Gasteiger partial charge in [0.2, 0.25) is 5.91 Å². The highest BCUT2D eigenvalue weighted by atomic mass is 79.9. The number of rotatable bonds is 15. The van der Waals surface area contributed by atoms with E-state index in [1.54, 1.807) is 33.7 Å². The van der Waals surface area contributed by atoms with Crippen molar-refractivity contribution < 1.29 is 24.2 Å². The zero-order valence-corrected chi connectivity index (χ0v) is 28.2. The average molecular weight is 677 g/mol. The number of amides is 2. The number of aliphatic hydroxyl groups excluding tert-OH is 1. The van der Waals surface area contributed by atoms with E-state index in [-0.39, 0.29) is 47.6 Å². The molecule has 236 valence electrons. The number of alkyl halides is 1. The number of hydrogen-bond donors (Lipinski definition) is 1. The predicted octanol–water partition coefficient (Wildman–Crippen LogP) is 5.04. The highest BCUT2D eigenvalue weighted by Crippen LogP contribution is 2.68. The molecular formula is C33H46BrN3O5S. The maximum absolute atomic E-state index is 14.9. The van der Waals surface area contributed by atoms with Gasteiger partial charge in [-0.1, -0.05) is 41.9 Å². The average Bonchev–Trinajstić information content (AvgIpc) is 3.58. The van der Waals surface area contributed by atoms with Crippen molar-refractivity contribution in [2.45, 2.75) is 73.9 Å². The lowest BCUT2D eigenvalue weighted by molar-refractivity contribution is -0.154. The fourth-order valence-corrected chi connectivity index (χ4v) is 10.8. The number of anilines is 2. The molecule has 1 aromatic carbocycles. The van der Waals surface area contributed by atoms with Crippen LogP contribution in [-0.2, 0) is 19.1 Å². The molecule has 1 N–H and O–H groups in total.